The second-order valence-corrected chi connectivity index (χ2v) is 8.16. The molecule has 0 saturated carbocycles. The van der Waals surface area contributed by atoms with Crippen LogP contribution in [-0.2, 0) is 0 Å². The SMILES string of the molecule is CCC1N(O)c2ccc3cc2[N+]1(O)N3C1(C(=O)c2ccc(O)cc2)C=CN(CCO)C=C1. The number of hydrogen-bond acceptors (Lipinski definition) is 8. The van der Waals surface area contributed by atoms with Gasteiger partial charge >= 0.3 is 0 Å². The summed E-state index contributed by atoms with van der Waals surface area (Å²) in [5.74, 6) is -0.264. The van der Waals surface area contributed by atoms with E-state index in [1.54, 1.807) is 64.8 Å². The molecule has 0 aromatic heterocycles. The number of fused-ring (bicyclic) bond motifs is 1. The van der Waals surface area contributed by atoms with Crippen LogP contribution in [0.3, 0.4) is 0 Å². The molecule has 2 bridgehead atoms. The Kier molecular flexibility index (Phi) is 4.54. The largest absolute Gasteiger partial charge is 0.508 e. The fourth-order valence-corrected chi connectivity index (χ4v) is 4.91. The van der Waals surface area contributed by atoms with Crippen molar-refractivity contribution < 1.29 is 25.4 Å². The maximum Gasteiger partial charge on any atom is 0.246 e. The standard InChI is InChI=1S/C23H24N4O5/c1-2-21-25(31)19-8-5-17-15-20(19)27(21,32)26(17)23(9-11-24(12-10-23)13-14-28)22(30)16-3-6-18(29)7-4-16/h3-12,15,21,28,31-32H,2,13-14H2,1H3/p+1. The minimum Gasteiger partial charge on any atom is -0.508 e. The lowest BCUT2D eigenvalue weighted by molar-refractivity contribution is -0.133. The van der Waals surface area contributed by atoms with Crippen LogP contribution in [0, 0.1) is 0 Å². The predicted molar refractivity (Wildman–Crippen MR) is 118 cm³/mol. The molecule has 3 aliphatic heterocycles. The number of rotatable bonds is 6. The molecule has 0 saturated heterocycles. The summed E-state index contributed by atoms with van der Waals surface area (Å²) in [4.78, 5) is 15.8. The molecule has 0 fully saturated rings. The molecule has 0 aliphatic carbocycles. The first-order valence-corrected chi connectivity index (χ1v) is 10.5. The van der Waals surface area contributed by atoms with E-state index in [-0.39, 0.29) is 18.1 Å². The normalized spacial score (nSPS) is 24.5. The quantitative estimate of drug-likeness (QED) is 0.404. The molecular formula is C23H25N4O5+. The van der Waals surface area contributed by atoms with E-state index in [4.69, 9.17) is 0 Å². The third-order valence-corrected chi connectivity index (χ3v) is 6.42. The number of ketones is 1. The minimum absolute atomic E-state index is 0.0455. The number of phenols is 1. The van der Waals surface area contributed by atoms with Gasteiger partial charge in [-0.05, 0) is 53.3 Å². The Balaban J connectivity index is 1.69. The number of aliphatic hydroxyl groups excluding tert-OH is 1. The number of benzene rings is 2. The van der Waals surface area contributed by atoms with Crippen molar-refractivity contribution in [2.75, 3.05) is 23.2 Å². The number of quaternary nitrogens is 1. The summed E-state index contributed by atoms with van der Waals surface area (Å²) in [5, 5.41) is 44.4. The highest BCUT2D eigenvalue weighted by Gasteiger charge is 2.66. The van der Waals surface area contributed by atoms with Crippen LogP contribution in [0.25, 0.3) is 0 Å². The van der Waals surface area contributed by atoms with Crippen LogP contribution in [0.5, 0.6) is 5.75 Å². The summed E-state index contributed by atoms with van der Waals surface area (Å²) < 4.78 is -0.761. The van der Waals surface area contributed by atoms with Crippen molar-refractivity contribution in [3.05, 3.63) is 72.6 Å². The first-order chi connectivity index (χ1) is 15.4. The van der Waals surface area contributed by atoms with Crippen molar-refractivity contribution in [3.63, 3.8) is 0 Å². The summed E-state index contributed by atoms with van der Waals surface area (Å²) in [6, 6.07) is 11.2. The van der Waals surface area contributed by atoms with Gasteiger partial charge in [0.2, 0.25) is 17.6 Å². The molecule has 2 aromatic carbocycles. The van der Waals surface area contributed by atoms with Crippen LogP contribution >= 0.6 is 0 Å². The second-order valence-electron chi connectivity index (χ2n) is 8.16. The number of anilines is 2. The Morgan fingerprint density at radius 1 is 1.12 bits per heavy atom. The summed E-state index contributed by atoms with van der Waals surface area (Å²) in [6.07, 6.45) is 6.47. The van der Waals surface area contributed by atoms with Crippen LogP contribution in [0.1, 0.15) is 23.7 Å². The van der Waals surface area contributed by atoms with Crippen molar-refractivity contribution in [1.82, 2.24) is 9.66 Å². The van der Waals surface area contributed by atoms with E-state index in [0.29, 0.717) is 35.6 Å². The number of aliphatic hydroxyl groups is 1. The van der Waals surface area contributed by atoms with Gasteiger partial charge in [-0.25, -0.2) is 0 Å². The molecule has 0 spiro atoms. The zero-order chi connectivity index (χ0) is 22.7. The van der Waals surface area contributed by atoms with Crippen molar-refractivity contribution in [2.45, 2.75) is 25.0 Å². The van der Waals surface area contributed by atoms with Gasteiger partial charge in [0.05, 0.1) is 6.61 Å². The maximum atomic E-state index is 14.0. The molecule has 166 valence electrons. The molecule has 3 aliphatic rings. The van der Waals surface area contributed by atoms with E-state index < -0.39 is 16.5 Å². The van der Waals surface area contributed by atoms with Crippen LogP contribution in [-0.4, -0.2) is 56.2 Å². The number of β-amino-alcohol motifs (C(OH)–C–C–N with tert-alkyl or cyclic N) is 1. The monoisotopic (exact) mass is 437 g/mol. The third-order valence-electron chi connectivity index (χ3n) is 6.42. The second kappa shape index (κ2) is 7.07. The first-order valence-electron chi connectivity index (χ1n) is 10.5. The minimum atomic E-state index is -1.43. The van der Waals surface area contributed by atoms with E-state index in [0.717, 1.165) is 5.06 Å². The predicted octanol–water partition coefficient (Wildman–Crippen LogP) is 2.73. The molecule has 9 nitrogen and oxygen atoms in total. The number of carbonyl (C=O) groups excluding carboxylic acids is 1. The number of nitrogens with zero attached hydrogens (tertiary/aromatic N) is 4. The fourth-order valence-electron chi connectivity index (χ4n) is 4.91. The van der Waals surface area contributed by atoms with Crippen LogP contribution in [0.2, 0.25) is 0 Å². The van der Waals surface area contributed by atoms with Crippen LogP contribution in [0.15, 0.2) is 67.0 Å². The molecule has 3 heterocycles. The Bertz CT molecular complexity index is 1120. The number of phenolic OH excluding ortho intramolecular Hbond substituents is 1. The number of hydrogen-bond donors (Lipinski definition) is 4. The van der Waals surface area contributed by atoms with Gasteiger partial charge in [0.15, 0.2) is 5.54 Å². The Hall–Kier alpha value is -3.37. The van der Waals surface area contributed by atoms with Gasteiger partial charge in [-0.2, -0.15) is 15.3 Å². The van der Waals surface area contributed by atoms with Gasteiger partial charge in [0.1, 0.15) is 17.1 Å². The molecule has 2 aromatic rings. The summed E-state index contributed by atoms with van der Waals surface area (Å²) >= 11 is 0. The topological polar surface area (TPSA) is 108 Å². The number of hydroxylamine groups is 2. The molecule has 0 amide bonds. The van der Waals surface area contributed by atoms with Crippen molar-refractivity contribution >= 4 is 22.8 Å². The first kappa shape index (κ1) is 20.5. The van der Waals surface area contributed by atoms with Crippen LogP contribution < -0.4 is 14.8 Å². The van der Waals surface area contributed by atoms with Crippen LogP contribution in [0.4, 0.5) is 17.1 Å². The van der Waals surface area contributed by atoms with E-state index in [1.165, 1.54) is 12.1 Å². The zero-order valence-electron chi connectivity index (χ0n) is 17.5. The molecule has 5 rings (SSSR count). The number of aromatic hydroxyl groups is 1. The number of Topliss-reactive ketones (excluding diaryl/α,β-unsaturated/α-hetero) is 1. The number of carbonyl (C=O) groups is 1. The highest BCUT2D eigenvalue weighted by molar-refractivity contribution is 6.09. The van der Waals surface area contributed by atoms with Gasteiger partial charge in [0, 0.05) is 37.0 Å². The lowest BCUT2D eigenvalue weighted by atomic mass is 9.86. The summed E-state index contributed by atoms with van der Waals surface area (Å²) in [5.41, 5.74) is 0.546. The highest BCUT2D eigenvalue weighted by atomic mass is 16.6. The summed E-state index contributed by atoms with van der Waals surface area (Å²) in [6.45, 7) is 2.16. The fraction of sp³-hybridized carbons (Fsp3) is 0.261. The molecule has 2 unspecified atom stereocenters. The Morgan fingerprint density at radius 2 is 1.81 bits per heavy atom. The van der Waals surface area contributed by atoms with Crippen molar-refractivity contribution in [2.24, 2.45) is 0 Å². The van der Waals surface area contributed by atoms with Gasteiger partial charge < -0.3 is 15.1 Å². The van der Waals surface area contributed by atoms with Crippen molar-refractivity contribution in [1.29, 1.82) is 0 Å². The van der Waals surface area contributed by atoms with Gasteiger partial charge in [-0.3, -0.25) is 10.0 Å². The molecule has 2 atom stereocenters. The lowest BCUT2D eigenvalue weighted by Gasteiger charge is -2.46. The molecule has 0 radical (unpaired) electrons. The maximum absolute atomic E-state index is 14.0. The Morgan fingerprint density at radius 3 is 2.44 bits per heavy atom. The average molecular weight is 437 g/mol. The zero-order valence-corrected chi connectivity index (χ0v) is 17.5. The van der Waals surface area contributed by atoms with Crippen molar-refractivity contribution in [3.8, 4) is 5.75 Å². The van der Waals surface area contributed by atoms with Gasteiger partial charge in [0.25, 0.3) is 0 Å². The lowest BCUT2D eigenvalue weighted by Crippen LogP contribution is -2.73. The highest BCUT2D eigenvalue weighted by Crippen LogP contribution is 2.55. The van der Waals surface area contributed by atoms with E-state index in [2.05, 4.69) is 0 Å². The molecule has 32 heavy (non-hydrogen) atoms. The third kappa shape index (κ3) is 2.56. The molecule has 4 N–H and O–H groups in total. The Labute approximate surface area is 185 Å². The smallest absolute Gasteiger partial charge is 0.246 e. The summed E-state index contributed by atoms with van der Waals surface area (Å²) in [7, 11) is 0. The molecule has 9 heteroatoms. The van der Waals surface area contributed by atoms with E-state index >= 15 is 0 Å². The van der Waals surface area contributed by atoms with Gasteiger partial charge in [-0.15, -0.1) is 0 Å². The van der Waals surface area contributed by atoms with E-state index in [1.807, 2.05) is 6.92 Å². The molecular weight excluding hydrogens is 412 g/mol. The van der Waals surface area contributed by atoms with Gasteiger partial charge in [-0.1, -0.05) is 6.92 Å². The average Bonchev–Trinajstić information content (AvgIpc) is 3.15. The van der Waals surface area contributed by atoms with E-state index in [9.17, 15) is 25.4 Å².